The Morgan fingerprint density at radius 2 is 1.73 bits per heavy atom. The van der Waals surface area contributed by atoms with Crippen molar-refractivity contribution in [3.63, 3.8) is 0 Å². The van der Waals surface area contributed by atoms with Gasteiger partial charge in [0.1, 0.15) is 5.82 Å². The molecular formula is C17H17Cl2FN2. The first kappa shape index (κ1) is 15.8. The van der Waals surface area contributed by atoms with Crippen molar-refractivity contribution in [3.8, 4) is 0 Å². The lowest BCUT2D eigenvalue weighted by molar-refractivity contribution is 0.195. The van der Waals surface area contributed by atoms with Gasteiger partial charge in [-0.2, -0.15) is 0 Å². The van der Waals surface area contributed by atoms with Crippen LogP contribution in [0.2, 0.25) is 10.0 Å². The predicted octanol–water partition coefficient (Wildman–Crippen LogP) is 4.13. The number of piperazine rings is 1. The monoisotopic (exact) mass is 338 g/mol. The van der Waals surface area contributed by atoms with E-state index in [9.17, 15) is 4.39 Å². The summed E-state index contributed by atoms with van der Waals surface area (Å²) in [5, 5.41) is 4.47. The lowest BCUT2D eigenvalue weighted by atomic mass is 9.96. The van der Waals surface area contributed by atoms with Crippen LogP contribution in [-0.2, 0) is 0 Å². The van der Waals surface area contributed by atoms with E-state index in [-0.39, 0.29) is 11.9 Å². The lowest BCUT2D eigenvalue weighted by Gasteiger charge is -2.36. The van der Waals surface area contributed by atoms with Crippen molar-refractivity contribution < 1.29 is 4.39 Å². The Balaban J connectivity index is 2.08. The zero-order chi connectivity index (χ0) is 15.5. The highest BCUT2D eigenvalue weighted by Gasteiger charge is 2.27. The summed E-state index contributed by atoms with van der Waals surface area (Å²) < 4.78 is 14.4. The average molecular weight is 339 g/mol. The predicted molar refractivity (Wildman–Crippen MR) is 89.1 cm³/mol. The summed E-state index contributed by atoms with van der Waals surface area (Å²) >= 11 is 12.4. The van der Waals surface area contributed by atoms with Crippen molar-refractivity contribution >= 4 is 23.2 Å². The Morgan fingerprint density at radius 1 is 1.00 bits per heavy atom. The van der Waals surface area contributed by atoms with Crippen LogP contribution < -0.4 is 5.32 Å². The van der Waals surface area contributed by atoms with Gasteiger partial charge >= 0.3 is 0 Å². The van der Waals surface area contributed by atoms with Crippen molar-refractivity contribution in [1.29, 1.82) is 0 Å². The molecule has 1 atom stereocenters. The number of halogens is 3. The molecule has 3 rings (SSSR count). The Bertz CT molecular complexity index is 657. The van der Waals surface area contributed by atoms with Crippen molar-refractivity contribution in [2.45, 2.75) is 6.04 Å². The van der Waals surface area contributed by atoms with E-state index in [2.05, 4.69) is 10.2 Å². The normalized spacial score (nSPS) is 17.4. The SMILES string of the molecule is Fc1ccccc1C(c1ccc(Cl)cc1Cl)N1CCNCC1. The van der Waals surface area contributed by atoms with Crippen LogP contribution in [0.3, 0.4) is 0 Å². The van der Waals surface area contributed by atoms with Crippen LogP contribution in [0.15, 0.2) is 42.5 Å². The molecule has 1 unspecified atom stereocenters. The highest BCUT2D eigenvalue weighted by molar-refractivity contribution is 6.35. The third-order valence-electron chi connectivity index (χ3n) is 3.97. The van der Waals surface area contributed by atoms with Crippen LogP contribution >= 0.6 is 23.2 Å². The molecule has 0 aliphatic carbocycles. The second kappa shape index (κ2) is 6.97. The molecule has 1 aliphatic heterocycles. The van der Waals surface area contributed by atoms with Crippen LogP contribution in [0.1, 0.15) is 17.2 Å². The van der Waals surface area contributed by atoms with E-state index in [4.69, 9.17) is 23.2 Å². The number of benzene rings is 2. The van der Waals surface area contributed by atoms with Gasteiger partial charge in [-0.3, -0.25) is 4.90 Å². The zero-order valence-electron chi connectivity index (χ0n) is 12.0. The van der Waals surface area contributed by atoms with Crippen molar-refractivity contribution in [2.75, 3.05) is 26.2 Å². The van der Waals surface area contributed by atoms with Crippen molar-refractivity contribution in [2.24, 2.45) is 0 Å². The Hall–Kier alpha value is -1.13. The van der Waals surface area contributed by atoms with Crippen LogP contribution in [0.4, 0.5) is 4.39 Å². The topological polar surface area (TPSA) is 15.3 Å². The van der Waals surface area contributed by atoms with Crippen LogP contribution in [-0.4, -0.2) is 31.1 Å². The lowest BCUT2D eigenvalue weighted by Crippen LogP contribution is -2.45. The summed E-state index contributed by atoms with van der Waals surface area (Å²) in [6, 6.07) is 12.1. The van der Waals surface area contributed by atoms with E-state index in [1.807, 2.05) is 18.2 Å². The van der Waals surface area contributed by atoms with E-state index in [0.717, 1.165) is 31.7 Å². The summed E-state index contributed by atoms with van der Waals surface area (Å²) in [7, 11) is 0. The molecule has 0 amide bonds. The molecule has 1 heterocycles. The minimum atomic E-state index is -0.211. The molecule has 1 N–H and O–H groups in total. The molecule has 1 aliphatic rings. The first-order valence-corrected chi connectivity index (χ1v) is 8.06. The molecule has 5 heteroatoms. The van der Waals surface area contributed by atoms with Gasteiger partial charge in [0.2, 0.25) is 0 Å². The molecule has 1 fully saturated rings. The first-order chi connectivity index (χ1) is 10.7. The fraction of sp³-hybridized carbons (Fsp3) is 0.294. The summed E-state index contributed by atoms with van der Waals surface area (Å²) in [4.78, 5) is 2.25. The van der Waals surface area contributed by atoms with Gasteiger partial charge in [0.15, 0.2) is 0 Å². The molecule has 2 aromatic carbocycles. The van der Waals surface area contributed by atoms with E-state index in [0.29, 0.717) is 15.6 Å². The number of hydrogen-bond acceptors (Lipinski definition) is 2. The van der Waals surface area contributed by atoms with E-state index in [1.165, 1.54) is 6.07 Å². The minimum Gasteiger partial charge on any atom is -0.314 e. The van der Waals surface area contributed by atoms with Gasteiger partial charge in [-0.1, -0.05) is 47.5 Å². The van der Waals surface area contributed by atoms with E-state index < -0.39 is 0 Å². The number of rotatable bonds is 3. The molecule has 0 spiro atoms. The fourth-order valence-electron chi connectivity index (χ4n) is 2.92. The van der Waals surface area contributed by atoms with Gasteiger partial charge in [-0.25, -0.2) is 4.39 Å². The maximum absolute atomic E-state index is 14.4. The average Bonchev–Trinajstić information content (AvgIpc) is 2.52. The van der Waals surface area contributed by atoms with Gasteiger partial charge in [0.25, 0.3) is 0 Å². The molecule has 1 saturated heterocycles. The standard InChI is InChI=1S/C17H17Cl2FN2/c18-12-5-6-13(15(19)11-12)17(22-9-7-21-8-10-22)14-3-1-2-4-16(14)20/h1-6,11,17,21H,7-10H2. The maximum Gasteiger partial charge on any atom is 0.128 e. The molecule has 116 valence electrons. The highest BCUT2D eigenvalue weighted by Crippen LogP contribution is 2.35. The Labute approximate surface area is 139 Å². The van der Waals surface area contributed by atoms with Gasteiger partial charge < -0.3 is 5.32 Å². The highest BCUT2D eigenvalue weighted by atomic mass is 35.5. The van der Waals surface area contributed by atoms with Crippen LogP contribution in [0.5, 0.6) is 0 Å². The third kappa shape index (κ3) is 3.28. The molecule has 0 radical (unpaired) electrons. The molecule has 0 aromatic heterocycles. The van der Waals surface area contributed by atoms with Gasteiger partial charge in [0.05, 0.1) is 6.04 Å². The summed E-state index contributed by atoms with van der Waals surface area (Å²) in [5.74, 6) is -0.211. The van der Waals surface area contributed by atoms with Gasteiger partial charge in [-0.05, 0) is 23.8 Å². The minimum absolute atomic E-state index is 0.201. The van der Waals surface area contributed by atoms with Crippen molar-refractivity contribution in [1.82, 2.24) is 10.2 Å². The zero-order valence-corrected chi connectivity index (χ0v) is 13.5. The number of nitrogens with one attached hydrogen (secondary N) is 1. The van der Waals surface area contributed by atoms with Crippen LogP contribution in [0, 0.1) is 5.82 Å². The maximum atomic E-state index is 14.4. The second-order valence-corrected chi connectivity index (χ2v) is 6.22. The largest absolute Gasteiger partial charge is 0.314 e. The Morgan fingerprint density at radius 3 is 2.41 bits per heavy atom. The third-order valence-corrected chi connectivity index (χ3v) is 4.54. The van der Waals surface area contributed by atoms with E-state index in [1.54, 1.807) is 18.2 Å². The number of hydrogen-bond donors (Lipinski definition) is 1. The molecule has 22 heavy (non-hydrogen) atoms. The summed E-state index contributed by atoms with van der Waals surface area (Å²) in [6.45, 7) is 3.46. The fourth-order valence-corrected chi connectivity index (χ4v) is 3.43. The Kier molecular flexibility index (Phi) is 4.99. The molecule has 2 nitrogen and oxygen atoms in total. The quantitative estimate of drug-likeness (QED) is 0.905. The molecule has 0 saturated carbocycles. The van der Waals surface area contributed by atoms with Gasteiger partial charge in [0, 0.05) is 41.8 Å². The smallest absolute Gasteiger partial charge is 0.128 e. The summed E-state index contributed by atoms with van der Waals surface area (Å²) in [6.07, 6.45) is 0. The van der Waals surface area contributed by atoms with E-state index >= 15 is 0 Å². The first-order valence-electron chi connectivity index (χ1n) is 7.31. The molecule has 2 aromatic rings. The molecular weight excluding hydrogens is 322 g/mol. The van der Waals surface area contributed by atoms with Crippen LogP contribution in [0.25, 0.3) is 0 Å². The number of nitrogens with zero attached hydrogens (tertiary/aromatic N) is 1. The summed E-state index contributed by atoms with van der Waals surface area (Å²) in [5.41, 5.74) is 1.53. The molecule has 0 bridgehead atoms. The van der Waals surface area contributed by atoms with Crippen molar-refractivity contribution in [3.05, 3.63) is 69.5 Å². The second-order valence-electron chi connectivity index (χ2n) is 5.38. The van der Waals surface area contributed by atoms with Gasteiger partial charge in [-0.15, -0.1) is 0 Å².